The Bertz CT molecular complexity index is 588. The second-order valence-electron chi connectivity index (χ2n) is 4.39. The maximum absolute atomic E-state index is 12.2. The molecule has 0 aromatic heterocycles. The lowest BCUT2D eigenvalue weighted by molar-refractivity contribution is 0.0993. The molecule has 0 N–H and O–H groups in total. The van der Waals surface area contributed by atoms with Crippen molar-refractivity contribution >= 4 is 29.0 Å². The SMILES string of the molecule is CCc1ccc(C(=O)Cc2ccc(Cl)cc2Cl)cc1. The van der Waals surface area contributed by atoms with Crippen LogP contribution >= 0.6 is 23.2 Å². The highest BCUT2D eigenvalue weighted by Gasteiger charge is 2.10. The van der Waals surface area contributed by atoms with E-state index in [1.165, 1.54) is 5.56 Å². The lowest BCUT2D eigenvalue weighted by atomic mass is 10.0. The van der Waals surface area contributed by atoms with Crippen LogP contribution in [0, 0.1) is 0 Å². The van der Waals surface area contributed by atoms with Crippen molar-refractivity contribution in [3.63, 3.8) is 0 Å². The zero-order chi connectivity index (χ0) is 13.8. The number of Topliss-reactive ketones (excluding diaryl/α,β-unsaturated/α-hetero) is 1. The maximum atomic E-state index is 12.2. The Morgan fingerprint density at radius 1 is 1.05 bits per heavy atom. The van der Waals surface area contributed by atoms with Crippen molar-refractivity contribution in [1.29, 1.82) is 0 Å². The summed E-state index contributed by atoms with van der Waals surface area (Å²) < 4.78 is 0. The van der Waals surface area contributed by atoms with Crippen LogP contribution in [0.15, 0.2) is 42.5 Å². The molecule has 0 unspecified atom stereocenters. The maximum Gasteiger partial charge on any atom is 0.167 e. The number of benzene rings is 2. The molecule has 0 saturated heterocycles. The molecular formula is C16H14Cl2O. The van der Waals surface area contributed by atoms with Crippen molar-refractivity contribution in [2.75, 3.05) is 0 Å². The lowest BCUT2D eigenvalue weighted by Gasteiger charge is -2.05. The number of hydrogen-bond acceptors (Lipinski definition) is 1. The Kier molecular flexibility index (Phi) is 4.62. The lowest BCUT2D eigenvalue weighted by Crippen LogP contribution is -2.04. The average Bonchev–Trinajstić information content (AvgIpc) is 2.42. The first-order chi connectivity index (χ1) is 9.10. The van der Waals surface area contributed by atoms with Crippen LogP contribution in [0.25, 0.3) is 0 Å². The Morgan fingerprint density at radius 2 is 1.74 bits per heavy atom. The molecule has 0 spiro atoms. The van der Waals surface area contributed by atoms with Crippen molar-refractivity contribution in [1.82, 2.24) is 0 Å². The Morgan fingerprint density at radius 3 is 2.32 bits per heavy atom. The van der Waals surface area contributed by atoms with Crippen molar-refractivity contribution in [2.45, 2.75) is 19.8 Å². The molecule has 0 bridgehead atoms. The van der Waals surface area contributed by atoms with Gasteiger partial charge in [-0.3, -0.25) is 4.79 Å². The summed E-state index contributed by atoms with van der Waals surface area (Å²) in [7, 11) is 0. The molecule has 0 radical (unpaired) electrons. The van der Waals surface area contributed by atoms with Crippen molar-refractivity contribution in [3.05, 3.63) is 69.2 Å². The summed E-state index contributed by atoms with van der Waals surface area (Å²) in [5.41, 5.74) is 2.74. The zero-order valence-corrected chi connectivity index (χ0v) is 12.1. The number of rotatable bonds is 4. The van der Waals surface area contributed by atoms with E-state index in [1.54, 1.807) is 18.2 Å². The topological polar surface area (TPSA) is 17.1 Å². The molecule has 0 heterocycles. The van der Waals surface area contributed by atoms with Gasteiger partial charge in [-0.15, -0.1) is 0 Å². The van der Waals surface area contributed by atoms with Gasteiger partial charge in [0.25, 0.3) is 0 Å². The first-order valence-electron chi connectivity index (χ1n) is 6.16. The van der Waals surface area contributed by atoms with Gasteiger partial charge in [0, 0.05) is 22.0 Å². The van der Waals surface area contributed by atoms with Crippen LogP contribution in [0.3, 0.4) is 0 Å². The molecule has 3 heteroatoms. The third-order valence-corrected chi connectivity index (χ3v) is 3.64. The van der Waals surface area contributed by atoms with Gasteiger partial charge < -0.3 is 0 Å². The van der Waals surface area contributed by atoms with Gasteiger partial charge in [-0.25, -0.2) is 0 Å². The van der Waals surface area contributed by atoms with Gasteiger partial charge in [-0.2, -0.15) is 0 Å². The largest absolute Gasteiger partial charge is 0.294 e. The Hall–Kier alpha value is -1.31. The number of carbonyl (C=O) groups is 1. The highest BCUT2D eigenvalue weighted by atomic mass is 35.5. The molecule has 19 heavy (non-hydrogen) atoms. The van der Waals surface area contributed by atoms with E-state index in [4.69, 9.17) is 23.2 Å². The van der Waals surface area contributed by atoms with Gasteiger partial charge in [-0.05, 0) is 29.7 Å². The quantitative estimate of drug-likeness (QED) is 0.726. The number of carbonyl (C=O) groups excluding carboxylic acids is 1. The van der Waals surface area contributed by atoms with Crippen LogP contribution in [0.1, 0.15) is 28.4 Å². The van der Waals surface area contributed by atoms with Crippen LogP contribution in [0.5, 0.6) is 0 Å². The van der Waals surface area contributed by atoms with E-state index >= 15 is 0 Å². The fourth-order valence-electron chi connectivity index (χ4n) is 1.87. The number of hydrogen-bond donors (Lipinski definition) is 0. The molecule has 0 aliphatic rings. The molecule has 0 fully saturated rings. The summed E-state index contributed by atoms with van der Waals surface area (Å²) in [5, 5.41) is 1.11. The molecule has 0 amide bonds. The number of halogens is 2. The van der Waals surface area contributed by atoms with E-state index in [0.29, 0.717) is 22.0 Å². The van der Waals surface area contributed by atoms with Gasteiger partial charge in [0.05, 0.1) is 0 Å². The molecule has 2 aromatic rings. The minimum absolute atomic E-state index is 0.0619. The molecule has 2 aromatic carbocycles. The van der Waals surface area contributed by atoms with Gasteiger partial charge >= 0.3 is 0 Å². The van der Waals surface area contributed by atoms with Crippen LogP contribution < -0.4 is 0 Å². The summed E-state index contributed by atoms with van der Waals surface area (Å²) in [6.45, 7) is 2.09. The van der Waals surface area contributed by atoms with E-state index in [9.17, 15) is 4.79 Å². The van der Waals surface area contributed by atoms with E-state index < -0.39 is 0 Å². The first kappa shape index (κ1) is 14.1. The molecule has 0 atom stereocenters. The van der Waals surface area contributed by atoms with Gasteiger partial charge in [0.2, 0.25) is 0 Å². The number of ketones is 1. The van der Waals surface area contributed by atoms with Gasteiger partial charge in [-0.1, -0.05) is 60.5 Å². The Labute approximate surface area is 123 Å². The molecule has 98 valence electrons. The predicted molar refractivity (Wildman–Crippen MR) is 80.3 cm³/mol. The highest BCUT2D eigenvalue weighted by molar-refractivity contribution is 6.35. The normalized spacial score (nSPS) is 10.5. The standard InChI is InChI=1S/C16H14Cl2O/c1-2-11-3-5-12(6-4-11)16(19)9-13-7-8-14(17)10-15(13)18/h3-8,10H,2,9H2,1H3. The minimum atomic E-state index is 0.0619. The summed E-state index contributed by atoms with van der Waals surface area (Å²) >= 11 is 11.9. The first-order valence-corrected chi connectivity index (χ1v) is 6.92. The van der Waals surface area contributed by atoms with Crippen molar-refractivity contribution < 1.29 is 4.79 Å². The average molecular weight is 293 g/mol. The highest BCUT2D eigenvalue weighted by Crippen LogP contribution is 2.22. The van der Waals surface area contributed by atoms with E-state index in [0.717, 1.165) is 12.0 Å². The van der Waals surface area contributed by atoms with Crippen molar-refractivity contribution in [2.24, 2.45) is 0 Å². The van der Waals surface area contributed by atoms with Gasteiger partial charge in [0.15, 0.2) is 5.78 Å². The van der Waals surface area contributed by atoms with Crippen LogP contribution in [-0.4, -0.2) is 5.78 Å². The number of aryl methyl sites for hydroxylation is 1. The molecule has 0 aliphatic heterocycles. The fourth-order valence-corrected chi connectivity index (χ4v) is 2.34. The van der Waals surface area contributed by atoms with E-state index in [1.807, 2.05) is 24.3 Å². The van der Waals surface area contributed by atoms with Crippen molar-refractivity contribution in [3.8, 4) is 0 Å². The third kappa shape index (κ3) is 3.59. The third-order valence-electron chi connectivity index (χ3n) is 3.05. The fraction of sp³-hybridized carbons (Fsp3) is 0.188. The van der Waals surface area contributed by atoms with Crippen LogP contribution in [0.2, 0.25) is 10.0 Å². The molecule has 2 rings (SSSR count). The second-order valence-corrected chi connectivity index (χ2v) is 5.23. The molecule has 0 aliphatic carbocycles. The summed E-state index contributed by atoms with van der Waals surface area (Å²) in [4.78, 5) is 12.2. The second kappa shape index (κ2) is 6.23. The Balaban J connectivity index is 2.15. The molecular weight excluding hydrogens is 279 g/mol. The van der Waals surface area contributed by atoms with E-state index in [-0.39, 0.29) is 5.78 Å². The van der Waals surface area contributed by atoms with Gasteiger partial charge in [0.1, 0.15) is 0 Å². The molecule has 1 nitrogen and oxygen atoms in total. The van der Waals surface area contributed by atoms with Crippen LogP contribution in [-0.2, 0) is 12.8 Å². The van der Waals surface area contributed by atoms with E-state index in [2.05, 4.69) is 6.92 Å². The summed E-state index contributed by atoms with van der Waals surface area (Å²) in [6, 6.07) is 12.9. The summed E-state index contributed by atoms with van der Waals surface area (Å²) in [5.74, 6) is 0.0619. The minimum Gasteiger partial charge on any atom is -0.294 e. The zero-order valence-electron chi connectivity index (χ0n) is 10.6. The predicted octanol–water partition coefficient (Wildman–Crippen LogP) is 4.98. The van der Waals surface area contributed by atoms with Crippen LogP contribution in [0.4, 0.5) is 0 Å². The smallest absolute Gasteiger partial charge is 0.167 e. The molecule has 0 saturated carbocycles. The monoisotopic (exact) mass is 292 g/mol. The summed E-state index contributed by atoms with van der Waals surface area (Å²) in [6.07, 6.45) is 1.26.